The van der Waals surface area contributed by atoms with E-state index >= 15 is 0 Å². The molecule has 0 saturated carbocycles. The molecule has 2 N–H and O–H groups in total. The highest BCUT2D eigenvalue weighted by Gasteiger charge is 2.41. The maximum atomic E-state index is 12.5. The maximum absolute atomic E-state index is 12.5. The quantitative estimate of drug-likeness (QED) is 0.489. The minimum absolute atomic E-state index is 0.00806. The van der Waals surface area contributed by atoms with Gasteiger partial charge >= 0.3 is 13.1 Å². The van der Waals surface area contributed by atoms with E-state index in [-0.39, 0.29) is 30.6 Å². The first-order valence-corrected chi connectivity index (χ1v) is 9.78. The van der Waals surface area contributed by atoms with Gasteiger partial charge in [-0.15, -0.1) is 6.58 Å². The van der Waals surface area contributed by atoms with Crippen molar-refractivity contribution in [1.82, 2.24) is 29.9 Å². The number of aromatic nitrogens is 2. The van der Waals surface area contributed by atoms with Crippen molar-refractivity contribution in [3.8, 4) is 0 Å². The second kappa shape index (κ2) is 8.01. The molecule has 1 aromatic rings. The van der Waals surface area contributed by atoms with E-state index in [1.807, 2.05) is 10.9 Å². The van der Waals surface area contributed by atoms with Gasteiger partial charge in [0.15, 0.2) is 5.69 Å². The first-order valence-electron chi connectivity index (χ1n) is 9.78. The van der Waals surface area contributed by atoms with Gasteiger partial charge in [0.1, 0.15) is 0 Å². The summed E-state index contributed by atoms with van der Waals surface area (Å²) in [5, 5.41) is 18.4. The maximum Gasteiger partial charge on any atom is 0.376 e. The summed E-state index contributed by atoms with van der Waals surface area (Å²) >= 11 is 0. The van der Waals surface area contributed by atoms with Crippen molar-refractivity contribution in [2.24, 2.45) is 0 Å². The Labute approximate surface area is 169 Å². The molecule has 2 bridgehead atoms. The number of carbonyl (C=O) groups excluding carboxylic acids is 2. The van der Waals surface area contributed by atoms with E-state index < -0.39 is 7.05 Å². The van der Waals surface area contributed by atoms with Crippen LogP contribution in [0.3, 0.4) is 0 Å². The lowest BCUT2D eigenvalue weighted by molar-refractivity contribution is -0.107. The molecule has 0 radical (unpaired) electrons. The molecule has 29 heavy (non-hydrogen) atoms. The third-order valence-electron chi connectivity index (χ3n) is 5.44. The molecular formula is C18H25BN6O4. The number of nitrogens with zero attached hydrogens (tertiary/aromatic N) is 5. The molecule has 154 valence electrons. The number of hydroxylamine groups is 2. The number of carbonyl (C=O) groups is 2. The molecule has 1 unspecified atom stereocenters. The van der Waals surface area contributed by atoms with E-state index in [2.05, 4.69) is 17.0 Å². The lowest BCUT2D eigenvalue weighted by atomic mass is 9.86. The number of amides is 3. The number of fused-ring (bicyclic) bond motifs is 2. The van der Waals surface area contributed by atoms with Crippen molar-refractivity contribution in [2.75, 3.05) is 32.8 Å². The van der Waals surface area contributed by atoms with Crippen LogP contribution in [0.15, 0.2) is 31.0 Å². The predicted octanol–water partition coefficient (Wildman–Crippen LogP) is -0.124. The lowest BCUT2D eigenvalue weighted by Crippen LogP contribution is -2.40. The van der Waals surface area contributed by atoms with E-state index in [1.54, 1.807) is 34.7 Å². The summed E-state index contributed by atoms with van der Waals surface area (Å²) in [7, 11) is -0.516. The van der Waals surface area contributed by atoms with E-state index in [1.165, 1.54) is 5.06 Å². The zero-order valence-electron chi connectivity index (χ0n) is 16.4. The molecule has 0 aromatic carbocycles. The van der Waals surface area contributed by atoms with Crippen LogP contribution >= 0.6 is 0 Å². The first kappa shape index (κ1) is 19.7. The molecule has 0 spiro atoms. The molecule has 2 atom stereocenters. The highest BCUT2D eigenvalue weighted by atomic mass is 16.7. The summed E-state index contributed by atoms with van der Waals surface area (Å²) in [6, 6.07) is 1.28. The first-order chi connectivity index (χ1) is 14.0. The van der Waals surface area contributed by atoms with Crippen LogP contribution < -0.4 is 5.32 Å². The Morgan fingerprint density at radius 2 is 2.34 bits per heavy atom. The van der Waals surface area contributed by atoms with Crippen molar-refractivity contribution in [1.29, 1.82) is 0 Å². The average molecular weight is 400 g/mol. The monoisotopic (exact) mass is 400 g/mol. The molecule has 4 heterocycles. The molecule has 3 amide bonds. The van der Waals surface area contributed by atoms with Gasteiger partial charge in [0, 0.05) is 25.3 Å². The molecule has 11 heteroatoms. The molecule has 0 aliphatic carbocycles. The van der Waals surface area contributed by atoms with Gasteiger partial charge in [-0.05, 0) is 31.9 Å². The molecule has 4 rings (SSSR count). The Balaban J connectivity index is 1.41. The van der Waals surface area contributed by atoms with Crippen molar-refractivity contribution in [2.45, 2.75) is 25.3 Å². The third kappa shape index (κ3) is 3.93. The van der Waals surface area contributed by atoms with E-state index in [4.69, 9.17) is 4.84 Å². The van der Waals surface area contributed by atoms with Crippen molar-refractivity contribution in [3.05, 3.63) is 36.7 Å². The van der Waals surface area contributed by atoms with Crippen LogP contribution in [-0.2, 0) is 4.84 Å². The predicted molar refractivity (Wildman–Crippen MR) is 107 cm³/mol. The van der Waals surface area contributed by atoms with Gasteiger partial charge in [-0.1, -0.05) is 6.08 Å². The topological polar surface area (TPSA) is 103 Å². The van der Waals surface area contributed by atoms with E-state index in [9.17, 15) is 14.6 Å². The van der Waals surface area contributed by atoms with Crippen LogP contribution in [0.25, 0.3) is 5.70 Å². The third-order valence-corrected chi connectivity index (χ3v) is 5.44. The van der Waals surface area contributed by atoms with Crippen molar-refractivity contribution >= 4 is 24.7 Å². The van der Waals surface area contributed by atoms with Gasteiger partial charge in [0.2, 0.25) is 0 Å². The lowest BCUT2D eigenvalue weighted by Gasteiger charge is -2.21. The second-order valence-electron chi connectivity index (χ2n) is 7.53. The summed E-state index contributed by atoms with van der Waals surface area (Å²) in [4.78, 5) is 34.0. The Kier molecular flexibility index (Phi) is 5.44. The Morgan fingerprint density at radius 3 is 3.07 bits per heavy atom. The Morgan fingerprint density at radius 1 is 1.52 bits per heavy atom. The van der Waals surface area contributed by atoms with Crippen LogP contribution in [0.4, 0.5) is 4.79 Å². The largest absolute Gasteiger partial charge is 0.437 e. The number of nitrogens with one attached hydrogen (secondary N) is 1. The molecule has 1 aromatic heterocycles. The van der Waals surface area contributed by atoms with Gasteiger partial charge in [-0.2, -0.15) is 10.2 Å². The van der Waals surface area contributed by atoms with Crippen LogP contribution in [0, 0.1) is 0 Å². The van der Waals surface area contributed by atoms with Crippen LogP contribution in [0.1, 0.15) is 16.9 Å². The minimum Gasteiger partial charge on any atom is -0.437 e. The highest BCUT2D eigenvalue weighted by Crippen LogP contribution is 2.26. The van der Waals surface area contributed by atoms with Crippen LogP contribution in [0.2, 0.25) is 6.82 Å². The van der Waals surface area contributed by atoms with Gasteiger partial charge in [0.25, 0.3) is 5.91 Å². The van der Waals surface area contributed by atoms with Crippen molar-refractivity contribution < 1.29 is 19.5 Å². The van der Waals surface area contributed by atoms with E-state index in [0.717, 1.165) is 18.7 Å². The normalized spacial score (nSPS) is 24.1. The fourth-order valence-corrected chi connectivity index (χ4v) is 3.92. The minimum atomic E-state index is -0.516. The van der Waals surface area contributed by atoms with Gasteiger partial charge < -0.3 is 20.1 Å². The smallest absolute Gasteiger partial charge is 0.376 e. The summed E-state index contributed by atoms with van der Waals surface area (Å²) in [6.07, 6.45) is 6.06. The molecule has 2 fully saturated rings. The van der Waals surface area contributed by atoms with Gasteiger partial charge in [-0.3, -0.25) is 9.63 Å². The summed E-state index contributed by atoms with van der Waals surface area (Å²) < 4.78 is 1.63. The molecule has 2 saturated heterocycles. The molecule has 3 aliphatic heterocycles. The number of hydrogen-bond acceptors (Lipinski definition) is 6. The van der Waals surface area contributed by atoms with Crippen molar-refractivity contribution in [3.63, 3.8) is 0 Å². The molecular weight excluding hydrogens is 375 g/mol. The fraction of sp³-hybridized carbons (Fsp3) is 0.500. The number of urea groups is 1. The van der Waals surface area contributed by atoms with Gasteiger partial charge in [0.05, 0.1) is 24.9 Å². The fourth-order valence-electron chi connectivity index (χ4n) is 3.92. The Bertz CT molecular complexity index is 840. The molecule has 10 nitrogen and oxygen atoms in total. The summed E-state index contributed by atoms with van der Waals surface area (Å²) in [6.45, 7) is 7.93. The number of rotatable bonds is 7. The zero-order chi connectivity index (χ0) is 20.5. The summed E-state index contributed by atoms with van der Waals surface area (Å²) in [5.41, 5.74) is 1.14. The zero-order valence-corrected chi connectivity index (χ0v) is 16.4. The second-order valence-corrected chi connectivity index (χ2v) is 7.53. The van der Waals surface area contributed by atoms with Crippen LogP contribution in [0.5, 0.6) is 0 Å². The highest BCUT2D eigenvalue weighted by molar-refractivity contribution is 6.45. The SMILES string of the molecule is C=CCON1C(=O)N2CC(n3ccc(C(=O)N[C@H]4CCN(B(C)O)C4)n3)=CC1C2. The summed E-state index contributed by atoms with van der Waals surface area (Å²) in [5.74, 6) is -0.243. The number of hydrogen-bond donors (Lipinski definition) is 2. The molecule has 3 aliphatic rings. The standard InChI is InChI=1S/C18H25BN6O4/c1-3-8-29-25-15-9-14(11-22(12-15)18(25)27)24-7-5-16(21-24)17(26)20-13-4-6-23(10-13)19(2)28/h3,5,7,9,13,15,28H,1,4,6,8,10-12H2,2H3,(H,20,26)/t13-,15?/m0/s1. The van der Waals surface area contributed by atoms with E-state index in [0.29, 0.717) is 25.3 Å². The van der Waals surface area contributed by atoms with Gasteiger partial charge in [-0.25, -0.2) is 9.48 Å². The van der Waals surface area contributed by atoms with Crippen LogP contribution in [-0.4, -0.2) is 93.4 Å². The Hall–Kier alpha value is -2.63. The average Bonchev–Trinajstić information content (AvgIpc) is 3.41.